The number of allylic oxidation sites excluding steroid dienone is 2. The van der Waals surface area contributed by atoms with Gasteiger partial charge in [-0.2, -0.15) is 0 Å². The van der Waals surface area contributed by atoms with Gasteiger partial charge < -0.3 is 14.6 Å². The number of fused-ring (bicyclic) bond motifs is 4. The van der Waals surface area contributed by atoms with Gasteiger partial charge in [0.25, 0.3) is 0 Å². The Bertz CT molecular complexity index is 548. The fourth-order valence-corrected chi connectivity index (χ4v) is 4.36. The van der Waals surface area contributed by atoms with E-state index < -0.39 is 5.60 Å². The van der Waals surface area contributed by atoms with Crippen molar-refractivity contribution in [1.82, 2.24) is 0 Å². The first-order chi connectivity index (χ1) is 11.3. The van der Waals surface area contributed by atoms with E-state index in [1.165, 1.54) is 5.57 Å². The minimum Gasteiger partial charge on any atom is -0.456 e. The van der Waals surface area contributed by atoms with Gasteiger partial charge in [-0.15, -0.1) is 0 Å². The van der Waals surface area contributed by atoms with Crippen LogP contribution in [-0.2, 0) is 14.3 Å². The maximum Gasteiger partial charge on any atom is 0.334 e. The molecule has 24 heavy (non-hydrogen) atoms. The van der Waals surface area contributed by atoms with Crippen molar-refractivity contribution in [2.24, 2.45) is 11.8 Å². The standard InChI is InChI=1S/C20H30O4/c1-12-7-5-9-13(2)17-18-15(14(3)19(21)24-18)11-16(23-17)20(4,22)10-6-8-12/h8,13,15-18,22H,3,5-7,9-11H2,1-2,4H3/b12-8-/t13-,15+,16+,17+,18-,20-/m1/s1. The maximum atomic E-state index is 12.0. The van der Waals surface area contributed by atoms with Crippen LogP contribution < -0.4 is 0 Å². The highest BCUT2D eigenvalue weighted by atomic mass is 16.6. The normalized spacial score (nSPS) is 46.2. The smallest absolute Gasteiger partial charge is 0.334 e. The second-order valence-electron chi connectivity index (χ2n) is 8.14. The van der Waals surface area contributed by atoms with E-state index in [1.54, 1.807) is 0 Å². The monoisotopic (exact) mass is 334 g/mol. The molecular weight excluding hydrogens is 304 g/mol. The van der Waals surface area contributed by atoms with Gasteiger partial charge in [0, 0.05) is 11.5 Å². The van der Waals surface area contributed by atoms with Crippen LogP contribution in [0.25, 0.3) is 0 Å². The molecule has 2 saturated heterocycles. The predicted molar refractivity (Wildman–Crippen MR) is 92.4 cm³/mol. The van der Waals surface area contributed by atoms with Crippen LogP contribution in [0.2, 0.25) is 0 Å². The summed E-state index contributed by atoms with van der Waals surface area (Å²) in [6, 6.07) is 0. The van der Waals surface area contributed by atoms with E-state index in [2.05, 4.69) is 26.5 Å². The van der Waals surface area contributed by atoms with E-state index in [-0.39, 0.29) is 36.1 Å². The van der Waals surface area contributed by atoms with Crippen LogP contribution in [0, 0.1) is 11.8 Å². The van der Waals surface area contributed by atoms with Gasteiger partial charge in [-0.25, -0.2) is 4.79 Å². The van der Waals surface area contributed by atoms with E-state index in [9.17, 15) is 9.90 Å². The molecule has 0 amide bonds. The summed E-state index contributed by atoms with van der Waals surface area (Å²) < 4.78 is 11.9. The summed E-state index contributed by atoms with van der Waals surface area (Å²) in [5.74, 6) is -0.0506. The molecule has 0 aromatic heterocycles. The van der Waals surface area contributed by atoms with Crippen LogP contribution in [0.4, 0.5) is 0 Å². The van der Waals surface area contributed by atoms with Gasteiger partial charge in [-0.05, 0) is 58.3 Å². The molecule has 134 valence electrons. The molecular formula is C20H30O4. The Kier molecular flexibility index (Phi) is 4.89. The van der Waals surface area contributed by atoms with E-state index in [4.69, 9.17) is 9.47 Å². The van der Waals surface area contributed by atoms with Crippen molar-refractivity contribution in [3.63, 3.8) is 0 Å². The molecule has 3 aliphatic heterocycles. The first kappa shape index (κ1) is 17.7. The second-order valence-corrected chi connectivity index (χ2v) is 8.14. The van der Waals surface area contributed by atoms with Crippen molar-refractivity contribution < 1.29 is 19.4 Å². The summed E-state index contributed by atoms with van der Waals surface area (Å²) in [4.78, 5) is 12.0. The maximum absolute atomic E-state index is 12.0. The zero-order valence-electron chi connectivity index (χ0n) is 15.1. The predicted octanol–water partition coefficient (Wildman–Crippen LogP) is 3.54. The molecule has 0 aromatic rings. The molecule has 0 radical (unpaired) electrons. The Balaban J connectivity index is 1.90. The Morgan fingerprint density at radius 2 is 2.12 bits per heavy atom. The third-order valence-corrected chi connectivity index (χ3v) is 6.09. The quantitative estimate of drug-likeness (QED) is 0.418. The fraction of sp³-hybridized carbons (Fsp3) is 0.750. The van der Waals surface area contributed by atoms with Crippen molar-refractivity contribution in [1.29, 1.82) is 0 Å². The number of rotatable bonds is 0. The number of carbonyl (C=O) groups is 1. The zero-order chi connectivity index (χ0) is 17.5. The zero-order valence-corrected chi connectivity index (χ0v) is 15.1. The summed E-state index contributed by atoms with van der Waals surface area (Å²) in [5, 5.41) is 11.0. The first-order valence-electron chi connectivity index (χ1n) is 9.23. The number of hydrogen-bond donors (Lipinski definition) is 1. The highest BCUT2D eigenvalue weighted by Crippen LogP contribution is 2.44. The molecule has 3 aliphatic rings. The molecule has 2 fully saturated rings. The van der Waals surface area contributed by atoms with E-state index >= 15 is 0 Å². The summed E-state index contributed by atoms with van der Waals surface area (Å²) in [7, 11) is 0. The molecule has 0 aromatic carbocycles. The Morgan fingerprint density at radius 3 is 2.88 bits per heavy atom. The number of carbonyl (C=O) groups excluding carboxylic acids is 1. The summed E-state index contributed by atoms with van der Waals surface area (Å²) in [5.41, 5.74) is 1.03. The number of hydrogen-bond acceptors (Lipinski definition) is 4. The van der Waals surface area contributed by atoms with E-state index in [0.717, 1.165) is 25.7 Å². The Hall–Kier alpha value is -1.13. The highest BCUT2D eigenvalue weighted by molar-refractivity contribution is 5.90. The molecule has 3 rings (SSSR count). The van der Waals surface area contributed by atoms with Crippen molar-refractivity contribution >= 4 is 5.97 Å². The molecule has 2 bridgehead atoms. The molecule has 4 heteroatoms. The number of esters is 1. The van der Waals surface area contributed by atoms with E-state index in [1.807, 2.05) is 6.92 Å². The summed E-state index contributed by atoms with van der Waals surface area (Å²) >= 11 is 0. The van der Waals surface area contributed by atoms with Crippen LogP contribution in [0.1, 0.15) is 59.3 Å². The fourth-order valence-electron chi connectivity index (χ4n) is 4.36. The summed E-state index contributed by atoms with van der Waals surface area (Å²) in [6.45, 7) is 10.1. The van der Waals surface area contributed by atoms with Gasteiger partial charge in [-0.1, -0.05) is 25.2 Å². The molecule has 3 heterocycles. The van der Waals surface area contributed by atoms with Gasteiger partial charge in [0.2, 0.25) is 0 Å². The van der Waals surface area contributed by atoms with Crippen molar-refractivity contribution in [3.05, 3.63) is 23.8 Å². The summed E-state index contributed by atoms with van der Waals surface area (Å²) in [6.07, 6.45) is 6.87. The van der Waals surface area contributed by atoms with Gasteiger partial charge >= 0.3 is 5.97 Å². The van der Waals surface area contributed by atoms with Crippen LogP contribution >= 0.6 is 0 Å². The average molecular weight is 334 g/mol. The number of aliphatic hydroxyl groups is 1. The lowest BCUT2D eigenvalue weighted by molar-refractivity contribution is -0.208. The Morgan fingerprint density at radius 1 is 1.38 bits per heavy atom. The van der Waals surface area contributed by atoms with Crippen LogP contribution in [-0.4, -0.2) is 35.0 Å². The molecule has 6 atom stereocenters. The number of ether oxygens (including phenoxy) is 2. The largest absolute Gasteiger partial charge is 0.456 e. The van der Waals surface area contributed by atoms with Gasteiger partial charge in [0.1, 0.15) is 6.10 Å². The molecule has 0 saturated carbocycles. The third kappa shape index (κ3) is 3.31. The van der Waals surface area contributed by atoms with Crippen LogP contribution in [0.5, 0.6) is 0 Å². The van der Waals surface area contributed by atoms with Gasteiger partial charge in [0.05, 0.1) is 17.8 Å². The SMILES string of the molecule is C=C1C(=O)O[C@H]2[C@H]3O[C@@H](C[C@@H]12)[C@](C)(O)CC/C=C(/C)CCC[C@H]3C. The van der Waals surface area contributed by atoms with E-state index in [0.29, 0.717) is 18.4 Å². The highest BCUT2D eigenvalue weighted by Gasteiger charge is 2.53. The molecule has 1 N–H and O–H groups in total. The van der Waals surface area contributed by atoms with Crippen LogP contribution in [0.3, 0.4) is 0 Å². The van der Waals surface area contributed by atoms with Gasteiger partial charge in [0.15, 0.2) is 0 Å². The van der Waals surface area contributed by atoms with Crippen molar-refractivity contribution in [3.8, 4) is 0 Å². The average Bonchev–Trinajstić information content (AvgIpc) is 2.80. The second kappa shape index (κ2) is 6.64. The van der Waals surface area contributed by atoms with Gasteiger partial charge in [-0.3, -0.25) is 0 Å². The third-order valence-electron chi connectivity index (χ3n) is 6.09. The molecule has 0 spiro atoms. The topological polar surface area (TPSA) is 55.8 Å². The minimum absolute atomic E-state index is 0.0320. The molecule has 4 nitrogen and oxygen atoms in total. The minimum atomic E-state index is -0.912. The Labute approximate surface area is 144 Å². The lowest BCUT2D eigenvalue weighted by Crippen LogP contribution is -2.54. The van der Waals surface area contributed by atoms with Crippen molar-refractivity contribution in [2.45, 2.75) is 83.2 Å². The molecule has 0 unspecified atom stereocenters. The first-order valence-corrected chi connectivity index (χ1v) is 9.23. The lowest BCUT2D eigenvalue weighted by Gasteiger charge is -2.45. The van der Waals surface area contributed by atoms with Crippen LogP contribution in [0.15, 0.2) is 23.8 Å². The van der Waals surface area contributed by atoms with Crippen molar-refractivity contribution in [2.75, 3.05) is 0 Å². The lowest BCUT2D eigenvalue weighted by atomic mass is 9.76. The molecule has 0 aliphatic carbocycles.